The summed E-state index contributed by atoms with van der Waals surface area (Å²) in [5, 5.41) is 17.8. The van der Waals surface area contributed by atoms with Crippen LogP contribution in [0.15, 0.2) is 24.3 Å². The number of benzene rings is 1. The molecule has 0 fully saturated rings. The van der Waals surface area contributed by atoms with Crippen LogP contribution < -0.4 is 5.32 Å². The van der Waals surface area contributed by atoms with E-state index in [1.54, 1.807) is 12.1 Å². The number of hydrogen-bond acceptors (Lipinski definition) is 4. The summed E-state index contributed by atoms with van der Waals surface area (Å²) in [6, 6.07) is 7.19. The van der Waals surface area contributed by atoms with E-state index in [0.717, 1.165) is 24.7 Å². The molecule has 0 aliphatic heterocycles. The van der Waals surface area contributed by atoms with Crippen LogP contribution in [-0.2, 0) is 4.79 Å². The minimum atomic E-state index is 0.316. The summed E-state index contributed by atoms with van der Waals surface area (Å²) in [4.78, 5) is 8.35. The van der Waals surface area contributed by atoms with Gasteiger partial charge in [0.25, 0.3) is 0 Å². The molecule has 0 radical (unpaired) electrons. The highest BCUT2D eigenvalue weighted by Crippen LogP contribution is 2.14. The van der Waals surface area contributed by atoms with Gasteiger partial charge >= 0.3 is 0 Å². The summed E-state index contributed by atoms with van der Waals surface area (Å²) in [5.41, 5.74) is 0.989. The summed E-state index contributed by atoms with van der Waals surface area (Å²) in [6.45, 7) is 3.13. The molecule has 82 valence electrons. The minimum absolute atomic E-state index is 0.316. The van der Waals surface area contributed by atoms with Crippen LogP contribution in [0.3, 0.4) is 0 Å². The topological polar surface area (TPSA) is 73.2 Å². The fourth-order valence-corrected chi connectivity index (χ4v) is 1.03. The normalized spacial score (nSPS) is 8.33. The lowest BCUT2D eigenvalue weighted by molar-refractivity contribution is 0.475. The van der Waals surface area contributed by atoms with Crippen molar-refractivity contribution in [1.29, 1.82) is 5.41 Å². The van der Waals surface area contributed by atoms with E-state index in [4.69, 9.17) is 15.3 Å². The second-order valence-electron chi connectivity index (χ2n) is 2.93. The molecule has 0 amide bonds. The molecule has 1 aromatic carbocycles. The van der Waals surface area contributed by atoms with Crippen molar-refractivity contribution in [1.82, 2.24) is 0 Å². The van der Waals surface area contributed by atoms with Gasteiger partial charge in [-0.2, -0.15) is 0 Å². The van der Waals surface area contributed by atoms with Gasteiger partial charge in [-0.3, -0.25) is 0 Å². The largest absolute Gasteiger partial charge is 0.508 e. The monoisotopic (exact) mass is 208 g/mol. The van der Waals surface area contributed by atoms with Crippen molar-refractivity contribution in [2.75, 3.05) is 11.9 Å². The van der Waals surface area contributed by atoms with E-state index in [1.165, 1.54) is 6.42 Å². The molecule has 0 heterocycles. The molecule has 3 N–H and O–H groups in total. The molecule has 15 heavy (non-hydrogen) atoms. The van der Waals surface area contributed by atoms with E-state index in [-0.39, 0.29) is 0 Å². The molecule has 0 aliphatic carbocycles. The van der Waals surface area contributed by atoms with Gasteiger partial charge in [-0.15, -0.1) is 0 Å². The molecule has 4 nitrogen and oxygen atoms in total. The fourth-order valence-electron chi connectivity index (χ4n) is 1.03. The SMILES string of the molecule is CCCCNc1cccc(O)c1.N=C=O. The molecule has 0 saturated carbocycles. The summed E-state index contributed by atoms with van der Waals surface area (Å²) >= 11 is 0. The Balaban J connectivity index is 0.000000583. The van der Waals surface area contributed by atoms with Crippen LogP contribution >= 0.6 is 0 Å². The van der Waals surface area contributed by atoms with Gasteiger partial charge in [-0.05, 0) is 18.6 Å². The lowest BCUT2D eigenvalue weighted by atomic mass is 10.3. The smallest absolute Gasteiger partial charge is 0.231 e. The first-order valence-corrected chi connectivity index (χ1v) is 4.81. The maximum atomic E-state index is 9.13. The fraction of sp³-hybridized carbons (Fsp3) is 0.364. The van der Waals surface area contributed by atoms with E-state index in [9.17, 15) is 0 Å². The summed E-state index contributed by atoms with van der Waals surface area (Å²) in [5.74, 6) is 0.316. The predicted octanol–water partition coefficient (Wildman–Crippen LogP) is 2.51. The molecule has 0 spiro atoms. The molecular weight excluding hydrogens is 192 g/mol. The van der Waals surface area contributed by atoms with E-state index in [2.05, 4.69) is 12.2 Å². The first-order valence-electron chi connectivity index (χ1n) is 4.81. The Hall–Kier alpha value is -1.80. The van der Waals surface area contributed by atoms with Gasteiger partial charge in [0.1, 0.15) is 5.75 Å². The zero-order valence-electron chi connectivity index (χ0n) is 8.79. The van der Waals surface area contributed by atoms with E-state index in [0.29, 0.717) is 5.75 Å². The molecular formula is C11H16N2O2. The van der Waals surface area contributed by atoms with Crippen molar-refractivity contribution >= 4 is 11.8 Å². The summed E-state index contributed by atoms with van der Waals surface area (Å²) in [6.07, 6.45) is 3.10. The number of hydrogen-bond donors (Lipinski definition) is 3. The zero-order valence-corrected chi connectivity index (χ0v) is 8.79. The summed E-state index contributed by atoms with van der Waals surface area (Å²) in [7, 11) is 0. The maximum absolute atomic E-state index is 9.13. The lowest BCUT2D eigenvalue weighted by Crippen LogP contribution is -1.99. The highest BCUT2D eigenvalue weighted by atomic mass is 16.3. The van der Waals surface area contributed by atoms with Crippen molar-refractivity contribution < 1.29 is 9.90 Å². The van der Waals surface area contributed by atoms with Gasteiger partial charge in [0.2, 0.25) is 6.08 Å². The number of aromatic hydroxyl groups is 1. The summed E-state index contributed by atoms with van der Waals surface area (Å²) < 4.78 is 0. The lowest BCUT2D eigenvalue weighted by Gasteiger charge is -2.04. The Morgan fingerprint density at radius 1 is 1.53 bits per heavy atom. The van der Waals surface area contributed by atoms with Crippen LogP contribution in [-0.4, -0.2) is 17.7 Å². The van der Waals surface area contributed by atoms with Crippen molar-refractivity contribution in [3.63, 3.8) is 0 Å². The van der Waals surface area contributed by atoms with Crippen LogP contribution in [0.4, 0.5) is 5.69 Å². The number of unbranched alkanes of at least 4 members (excludes halogenated alkanes) is 1. The first-order chi connectivity index (χ1) is 7.24. The third-order valence-corrected chi connectivity index (χ3v) is 1.71. The maximum Gasteiger partial charge on any atom is 0.231 e. The quantitative estimate of drug-likeness (QED) is 0.404. The molecule has 1 aromatic rings. The molecule has 0 bridgehead atoms. The number of nitrogens with one attached hydrogen (secondary N) is 2. The van der Waals surface area contributed by atoms with E-state index < -0.39 is 0 Å². The Morgan fingerprint density at radius 2 is 2.20 bits per heavy atom. The third kappa shape index (κ3) is 7.28. The van der Waals surface area contributed by atoms with Gasteiger partial charge in [0.15, 0.2) is 0 Å². The van der Waals surface area contributed by atoms with Crippen molar-refractivity contribution in [3.8, 4) is 5.75 Å². The Morgan fingerprint density at radius 3 is 2.73 bits per heavy atom. The number of carbonyl (C=O) groups excluding carboxylic acids is 1. The first kappa shape index (κ1) is 13.2. The average Bonchev–Trinajstić information content (AvgIpc) is 2.19. The molecule has 0 aliphatic rings. The highest BCUT2D eigenvalue weighted by molar-refractivity contribution is 5.47. The van der Waals surface area contributed by atoms with E-state index >= 15 is 0 Å². The number of isocyanates is 1. The molecule has 1 rings (SSSR count). The number of phenolic OH excluding ortho intramolecular Hbond substituents is 1. The van der Waals surface area contributed by atoms with Gasteiger partial charge in [-0.1, -0.05) is 19.4 Å². The average molecular weight is 208 g/mol. The Bertz CT molecular complexity index is 307. The molecule has 0 saturated heterocycles. The van der Waals surface area contributed by atoms with Crippen LogP contribution in [0.2, 0.25) is 0 Å². The van der Waals surface area contributed by atoms with Crippen LogP contribution in [0.1, 0.15) is 19.8 Å². The predicted molar refractivity (Wildman–Crippen MR) is 59.9 cm³/mol. The minimum Gasteiger partial charge on any atom is -0.508 e. The van der Waals surface area contributed by atoms with Crippen LogP contribution in [0.5, 0.6) is 5.75 Å². The van der Waals surface area contributed by atoms with Crippen molar-refractivity contribution in [2.24, 2.45) is 0 Å². The van der Waals surface area contributed by atoms with Crippen molar-refractivity contribution in [3.05, 3.63) is 24.3 Å². The second-order valence-corrected chi connectivity index (χ2v) is 2.93. The van der Waals surface area contributed by atoms with Crippen molar-refractivity contribution in [2.45, 2.75) is 19.8 Å². The molecule has 4 heteroatoms. The van der Waals surface area contributed by atoms with Gasteiger partial charge < -0.3 is 10.4 Å². The number of anilines is 1. The highest BCUT2D eigenvalue weighted by Gasteiger charge is 1.91. The molecule has 0 unspecified atom stereocenters. The zero-order chi connectivity index (χ0) is 11.5. The van der Waals surface area contributed by atoms with Gasteiger partial charge in [0.05, 0.1) is 0 Å². The third-order valence-electron chi connectivity index (χ3n) is 1.71. The molecule has 0 aromatic heterocycles. The number of rotatable bonds is 4. The van der Waals surface area contributed by atoms with Gasteiger partial charge in [0, 0.05) is 18.3 Å². The molecule has 0 atom stereocenters. The standard InChI is InChI=1S/C10H15NO.CHNO/c1-2-3-7-11-9-5-4-6-10(12)8-9;2-1-3/h4-6,8,11-12H,2-3,7H2,1H3;2H. The van der Waals surface area contributed by atoms with Crippen LogP contribution in [0, 0.1) is 5.41 Å². The Labute approximate surface area is 89.5 Å². The van der Waals surface area contributed by atoms with Gasteiger partial charge in [-0.25, -0.2) is 10.2 Å². The second kappa shape index (κ2) is 8.78. The van der Waals surface area contributed by atoms with Crippen LogP contribution in [0.25, 0.3) is 0 Å². The Kier molecular flexibility index (Phi) is 7.73. The number of phenols is 1. The van der Waals surface area contributed by atoms with E-state index in [1.807, 2.05) is 12.1 Å².